The molecule has 0 bridgehead atoms. The maximum absolute atomic E-state index is 12.4. The van der Waals surface area contributed by atoms with Gasteiger partial charge in [-0.25, -0.2) is 0 Å². The zero-order valence-electron chi connectivity index (χ0n) is 17.2. The first-order valence-corrected chi connectivity index (χ1v) is 9.59. The van der Waals surface area contributed by atoms with E-state index in [0.29, 0.717) is 24.5 Å². The standard InChI is InChI=1S/C21H26N6O2/c1-5-26-18(11-14(2)24-26)21(29)22-12-19(28)23-20-15(3)25-27(16(20)4)13-17-9-7-6-8-10-17/h6-11H,5,12-13H2,1-4H3,(H,22,29)(H,23,28). The summed E-state index contributed by atoms with van der Waals surface area (Å²) >= 11 is 0. The maximum Gasteiger partial charge on any atom is 0.269 e. The third-order valence-electron chi connectivity index (χ3n) is 4.66. The zero-order valence-corrected chi connectivity index (χ0v) is 17.2. The molecule has 3 aromatic rings. The fourth-order valence-electron chi connectivity index (χ4n) is 3.19. The smallest absolute Gasteiger partial charge is 0.269 e. The average Bonchev–Trinajstić information content (AvgIpc) is 3.21. The minimum atomic E-state index is -0.323. The Morgan fingerprint density at radius 1 is 1.03 bits per heavy atom. The van der Waals surface area contributed by atoms with Gasteiger partial charge in [0.05, 0.1) is 35.9 Å². The van der Waals surface area contributed by atoms with Crippen molar-refractivity contribution >= 4 is 17.5 Å². The van der Waals surface area contributed by atoms with Gasteiger partial charge in [0.1, 0.15) is 5.69 Å². The number of aromatic nitrogens is 4. The van der Waals surface area contributed by atoms with Gasteiger partial charge in [-0.15, -0.1) is 0 Å². The van der Waals surface area contributed by atoms with Crippen LogP contribution in [0.2, 0.25) is 0 Å². The third kappa shape index (κ3) is 4.71. The molecule has 2 amide bonds. The first kappa shape index (κ1) is 20.3. The zero-order chi connectivity index (χ0) is 21.0. The topological polar surface area (TPSA) is 93.8 Å². The third-order valence-corrected chi connectivity index (χ3v) is 4.66. The predicted molar refractivity (Wildman–Crippen MR) is 111 cm³/mol. The van der Waals surface area contributed by atoms with E-state index in [-0.39, 0.29) is 18.4 Å². The number of carbonyl (C=O) groups excluding carboxylic acids is 2. The maximum atomic E-state index is 12.4. The number of carbonyl (C=O) groups is 2. The van der Waals surface area contributed by atoms with Crippen LogP contribution in [0.4, 0.5) is 5.69 Å². The van der Waals surface area contributed by atoms with Crippen LogP contribution < -0.4 is 10.6 Å². The summed E-state index contributed by atoms with van der Waals surface area (Å²) in [5.41, 5.74) is 4.61. The minimum absolute atomic E-state index is 0.129. The fourth-order valence-corrected chi connectivity index (χ4v) is 3.19. The number of hydrogen-bond donors (Lipinski definition) is 2. The summed E-state index contributed by atoms with van der Waals surface area (Å²) in [4.78, 5) is 24.8. The molecule has 152 valence electrons. The van der Waals surface area contributed by atoms with Crippen molar-refractivity contribution in [3.05, 3.63) is 64.7 Å². The van der Waals surface area contributed by atoms with Crippen LogP contribution in [0, 0.1) is 20.8 Å². The molecule has 8 nitrogen and oxygen atoms in total. The van der Waals surface area contributed by atoms with Gasteiger partial charge < -0.3 is 10.6 Å². The number of aryl methyl sites for hydroxylation is 3. The summed E-state index contributed by atoms with van der Waals surface area (Å²) in [5.74, 6) is -0.626. The number of nitrogens with zero attached hydrogens (tertiary/aromatic N) is 4. The summed E-state index contributed by atoms with van der Waals surface area (Å²) in [6.45, 7) is 8.59. The summed E-state index contributed by atoms with van der Waals surface area (Å²) in [7, 11) is 0. The Kier molecular flexibility index (Phi) is 6.11. The van der Waals surface area contributed by atoms with Crippen LogP contribution in [0.1, 0.15) is 40.1 Å². The molecule has 1 aromatic carbocycles. The van der Waals surface area contributed by atoms with Gasteiger partial charge in [0.15, 0.2) is 0 Å². The van der Waals surface area contributed by atoms with Crippen LogP contribution in [0.25, 0.3) is 0 Å². The van der Waals surface area contributed by atoms with E-state index in [4.69, 9.17) is 0 Å². The van der Waals surface area contributed by atoms with E-state index in [9.17, 15) is 9.59 Å². The predicted octanol–water partition coefficient (Wildman–Crippen LogP) is 2.44. The van der Waals surface area contributed by atoms with Crippen molar-refractivity contribution in [1.82, 2.24) is 24.9 Å². The molecule has 0 atom stereocenters. The molecular weight excluding hydrogens is 368 g/mol. The van der Waals surface area contributed by atoms with Crippen LogP contribution >= 0.6 is 0 Å². The molecule has 0 saturated carbocycles. The van der Waals surface area contributed by atoms with Crippen LogP contribution in [0.15, 0.2) is 36.4 Å². The number of nitrogens with one attached hydrogen (secondary N) is 2. The van der Waals surface area contributed by atoms with Gasteiger partial charge in [0.25, 0.3) is 5.91 Å². The highest BCUT2D eigenvalue weighted by molar-refractivity contribution is 5.99. The molecule has 0 saturated heterocycles. The van der Waals surface area contributed by atoms with Gasteiger partial charge >= 0.3 is 0 Å². The Balaban J connectivity index is 1.62. The number of hydrogen-bond acceptors (Lipinski definition) is 4. The van der Waals surface area contributed by atoms with Crippen molar-refractivity contribution in [1.29, 1.82) is 0 Å². The molecule has 29 heavy (non-hydrogen) atoms. The van der Waals surface area contributed by atoms with Gasteiger partial charge in [-0.2, -0.15) is 10.2 Å². The first-order valence-electron chi connectivity index (χ1n) is 9.59. The summed E-state index contributed by atoms with van der Waals surface area (Å²) < 4.78 is 3.48. The molecule has 0 fully saturated rings. The first-order chi connectivity index (χ1) is 13.9. The number of rotatable bonds is 7. The molecule has 0 aliphatic heterocycles. The lowest BCUT2D eigenvalue weighted by Gasteiger charge is -2.09. The van der Waals surface area contributed by atoms with Crippen LogP contribution in [-0.2, 0) is 17.9 Å². The highest BCUT2D eigenvalue weighted by atomic mass is 16.2. The minimum Gasteiger partial charge on any atom is -0.342 e. The van der Waals surface area contributed by atoms with Gasteiger partial charge in [0.2, 0.25) is 5.91 Å². The second kappa shape index (κ2) is 8.72. The van der Waals surface area contributed by atoms with Crippen molar-refractivity contribution in [2.24, 2.45) is 0 Å². The highest BCUT2D eigenvalue weighted by Crippen LogP contribution is 2.20. The van der Waals surface area contributed by atoms with Crippen LogP contribution in [-0.4, -0.2) is 37.9 Å². The Morgan fingerprint density at radius 2 is 1.76 bits per heavy atom. The fraction of sp³-hybridized carbons (Fsp3) is 0.333. The molecule has 2 N–H and O–H groups in total. The largest absolute Gasteiger partial charge is 0.342 e. The molecule has 0 spiro atoms. The van der Waals surface area contributed by atoms with Gasteiger partial charge in [-0.1, -0.05) is 30.3 Å². The van der Waals surface area contributed by atoms with Gasteiger partial charge in [0, 0.05) is 6.54 Å². The Bertz CT molecular complexity index is 1020. The van der Waals surface area contributed by atoms with Crippen molar-refractivity contribution in [3.63, 3.8) is 0 Å². The van der Waals surface area contributed by atoms with E-state index < -0.39 is 0 Å². The summed E-state index contributed by atoms with van der Waals surface area (Å²) in [5, 5.41) is 14.3. The van der Waals surface area contributed by atoms with Crippen molar-refractivity contribution in [3.8, 4) is 0 Å². The molecule has 0 unspecified atom stereocenters. The average molecular weight is 394 g/mol. The Labute approximate surface area is 169 Å². The van der Waals surface area contributed by atoms with E-state index in [1.54, 1.807) is 10.7 Å². The van der Waals surface area contributed by atoms with E-state index in [1.807, 2.05) is 62.7 Å². The molecule has 0 aliphatic carbocycles. The lowest BCUT2D eigenvalue weighted by molar-refractivity contribution is -0.115. The Hall–Kier alpha value is -3.42. The monoisotopic (exact) mass is 394 g/mol. The van der Waals surface area contributed by atoms with Crippen molar-refractivity contribution < 1.29 is 9.59 Å². The van der Waals surface area contributed by atoms with Crippen LogP contribution in [0.3, 0.4) is 0 Å². The number of anilines is 1. The summed E-state index contributed by atoms with van der Waals surface area (Å²) in [6, 6.07) is 11.7. The summed E-state index contributed by atoms with van der Waals surface area (Å²) in [6.07, 6.45) is 0. The number of amides is 2. The molecule has 3 rings (SSSR count). The molecule has 0 aliphatic rings. The van der Waals surface area contributed by atoms with E-state index in [1.165, 1.54) is 0 Å². The normalized spacial score (nSPS) is 10.8. The van der Waals surface area contributed by atoms with E-state index in [2.05, 4.69) is 20.8 Å². The van der Waals surface area contributed by atoms with Gasteiger partial charge in [-0.3, -0.25) is 19.0 Å². The Morgan fingerprint density at radius 3 is 2.45 bits per heavy atom. The lowest BCUT2D eigenvalue weighted by Crippen LogP contribution is -2.34. The highest BCUT2D eigenvalue weighted by Gasteiger charge is 2.17. The number of benzene rings is 1. The molecule has 2 aromatic heterocycles. The molecular formula is C21H26N6O2. The second-order valence-electron chi connectivity index (χ2n) is 6.91. The van der Waals surface area contributed by atoms with Crippen molar-refractivity contribution in [2.45, 2.75) is 40.8 Å². The second-order valence-corrected chi connectivity index (χ2v) is 6.91. The SMILES string of the molecule is CCn1nc(C)cc1C(=O)NCC(=O)Nc1c(C)nn(Cc2ccccc2)c1C. The quantitative estimate of drug-likeness (QED) is 0.644. The molecule has 2 heterocycles. The van der Waals surface area contributed by atoms with Crippen molar-refractivity contribution in [2.75, 3.05) is 11.9 Å². The molecule has 8 heteroatoms. The van der Waals surface area contributed by atoms with Crippen LogP contribution in [0.5, 0.6) is 0 Å². The lowest BCUT2D eigenvalue weighted by atomic mass is 10.2. The molecule has 0 radical (unpaired) electrons. The van der Waals surface area contributed by atoms with E-state index >= 15 is 0 Å². The van der Waals surface area contributed by atoms with Gasteiger partial charge in [-0.05, 0) is 39.3 Å². The van der Waals surface area contributed by atoms with E-state index in [0.717, 1.165) is 22.6 Å².